The maximum Gasteiger partial charge on any atom is 0.341 e. The molecule has 26 heavy (non-hydrogen) atoms. The molecule has 0 bridgehead atoms. The maximum absolute atomic E-state index is 12.4. The summed E-state index contributed by atoms with van der Waals surface area (Å²) >= 11 is 0. The molecule has 0 aliphatic heterocycles. The van der Waals surface area contributed by atoms with Crippen molar-refractivity contribution in [2.45, 2.75) is 25.9 Å². The number of aromatic carboxylic acids is 1. The van der Waals surface area contributed by atoms with Gasteiger partial charge in [-0.25, -0.2) is 4.79 Å². The van der Waals surface area contributed by atoms with E-state index in [2.05, 4.69) is 5.10 Å². The molecule has 0 saturated carbocycles. The molecule has 3 rings (SSSR count). The zero-order valence-corrected chi connectivity index (χ0v) is 14.3. The molecule has 2 aromatic heterocycles. The number of nitrogens with zero attached hydrogens (tertiary/aromatic N) is 3. The summed E-state index contributed by atoms with van der Waals surface area (Å²) in [5, 5.41) is 13.5. The number of carboxylic acids is 1. The van der Waals surface area contributed by atoms with Crippen molar-refractivity contribution < 1.29 is 14.6 Å². The van der Waals surface area contributed by atoms with Crippen LogP contribution >= 0.6 is 0 Å². The molecule has 1 aromatic carbocycles. The Kier molecular flexibility index (Phi) is 5.17. The van der Waals surface area contributed by atoms with E-state index in [-0.39, 0.29) is 17.4 Å². The van der Waals surface area contributed by atoms with Crippen molar-refractivity contribution in [1.82, 2.24) is 14.3 Å². The van der Waals surface area contributed by atoms with E-state index in [1.807, 2.05) is 25.3 Å². The van der Waals surface area contributed by atoms with Gasteiger partial charge in [0.2, 0.25) is 5.43 Å². The van der Waals surface area contributed by atoms with E-state index in [1.165, 1.54) is 6.20 Å². The van der Waals surface area contributed by atoms with Crippen molar-refractivity contribution >= 4 is 5.97 Å². The Morgan fingerprint density at radius 2 is 2.00 bits per heavy atom. The number of carbonyl (C=O) groups is 1. The topological polar surface area (TPSA) is 86.4 Å². The van der Waals surface area contributed by atoms with Gasteiger partial charge in [-0.2, -0.15) is 5.10 Å². The predicted octanol–water partition coefficient (Wildman–Crippen LogP) is 3.19. The first-order valence-electron chi connectivity index (χ1n) is 8.24. The van der Waals surface area contributed by atoms with Gasteiger partial charge in [0.15, 0.2) is 5.75 Å². The summed E-state index contributed by atoms with van der Waals surface area (Å²) in [6.07, 6.45) is 7.20. The molecule has 1 N–H and O–H groups in total. The van der Waals surface area contributed by atoms with Gasteiger partial charge in [0.25, 0.3) is 0 Å². The van der Waals surface area contributed by atoms with Gasteiger partial charge in [0.05, 0.1) is 6.20 Å². The van der Waals surface area contributed by atoms with E-state index in [4.69, 9.17) is 4.74 Å². The number of hydrogen-bond donors (Lipinski definition) is 1. The molecule has 7 nitrogen and oxygen atoms in total. The van der Waals surface area contributed by atoms with Crippen LogP contribution in [-0.4, -0.2) is 25.4 Å². The van der Waals surface area contributed by atoms with E-state index >= 15 is 0 Å². The first-order chi connectivity index (χ1) is 12.5. The summed E-state index contributed by atoms with van der Waals surface area (Å²) in [5.74, 6) is -0.813. The fourth-order valence-corrected chi connectivity index (χ4v) is 2.57. The SMILES string of the molecule is C[C@@H](CCn1cccn1)n1cc(Oc2ccccc2)c(=O)c(C(=O)O)c1. The van der Waals surface area contributed by atoms with Gasteiger partial charge >= 0.3 is 5.97 Å². The quantitative estimate of drug-likeness (QED) is 0.705. The van der Waals surface area contributed by atoms with Gasteiger partial charge < -0.3 is 14.4 Å². The highest BCUT2D eigenvalue weighted by molar-refractivity contribution is 5.87. The lowest BCUT2D eigenvalue weighted by atomic mass is 10.2. The molecule has 0 spiro atoms. The molecule has 0 radical (unpaired) electrons. The zero-order chi connectivity index (χ0) is 18.5. The molecule has 0 amide bonds. The van der Waals surface area contributed by atoms with Crippen LogP contribution in [0.25, 0.3) is 0 Å². The number of ether oxygens (including phenoxy) is 1. The van der Waals surface area contributed by atoms with Crippen LogP contribution in [0.2, 0.25) is 0 Å². The van der Waals surface area contributed by atoms with Gasteiger partial charge in [0, 0.05) is 31.2 Å². The zero-order valence-electron chi connectivity index (χ0n) is 14.3. The van der Waals surface area contributed by atoms with Crippen molar-refractivity contribution in [1.29, 1.82) is 0 Å². The predicted molar refractivity (Wildman–Crippen MR) is 95.7 cm³/mol. The second-order valence-corrected chi connectivity index (χ2v) is 5.94. The molecule has 3 aromatic rings. The summed E-state index contributed by atoms with van der Waals surface area (Å²) < 4.78 is 9.13. The smallest absolute Gasteiger partial charge is 0.341 e. The minimum absolute atomic E-state index is 0.0120. The Bertz CT molecular complexity index is 933. The first kappa shape index (κ1) is 17.5. The molecule has 0 saturated heterocycles. The monoisotopic (exact) mass is 353 g/mol. The molecule has 0 aliphatic carbocycles. The van der Waals surface area contributed by atoms with Gasteiger partial charge in [-0.05, 0) is 31.5 Å². The van der Waals surface area contributed by atoms with E-state index in [1.54, 1.807) is 45.9 Å². The number of aromatic nitrogens is 3. The Morgan fingerprint density at radius 1 is 1.23 bits per heavy atom. The van der Waals surface area contributed by atoms with E-state index < -0.39 is 11.4 Å². The van der Waals surface area contributed by atoms with E-state index in [9.17, 15) is 14.7 Å². The Morgan fingerprint density at radius 3 is 2.65 bits per heavy atom. The summed E-state index contributed by atoms with van der Waals surface area (Å²) in [6, 6.07) is 10.6. The number of benzene rings is 1. The van der Waals surface area contributed by atoms with Crippen LogP contribution in [0, 0.1) is 0 Å². The highest BCUT2D eigenvalue weighted by Gasteiger charge is 2.17. The first-order valence-corrected chi connectivity index (χ1v) is 8.24. The average molecular weight is 353 g/mol. The summed E-state index contributed by atoms with van der Waals surface area (Å²) in [6.45, 7) is 2.63. The molecule has 0 fully saturated rings. The van der Waals surface area contributed by atoms with Crippen molar-refractivity contribution in [2.75, 3.05) is 0 Å². The largest absolute Gasteiger partial charge is 0.477 e. The third-order valence-corrected chi connectivity index (χ3v) is 4.06. The lowest BCUT2D eigenvalue weighted by Crippen LogP contribution is -2.21. The number of aryl methyl sites for hydroxylation is 1. The lowest BCUT2D eigenvalue weighted by Gasteiger charge is -2.18. The van der Waals surface area contributed by atoms with Gasteiger partial charge in [-0.3, -0.25) is 9.48 Å². The Labute approximate surface area is 150 Å². The number of carboxylic acid groups (broad SMARTS) is 1. The Hall–Kier alpha value is -3.35. The molecule has 7 heteroatoms. The molecule has 1 atom stereocenters. The van der Waals surface area contributed by atoms with Gasteiger partial charge in [0.1, 0.15) is 11.3 Å². The number of para-hydroxylation sites is 1. The molecular weight excluding hydrogens is 334 g/mol. The van der Waals surface area contributed by atoms with Crippen LogP contribution in [0.15, 0.2) is 66.0 Å². The van der Waals surface area contributed by atoms with Crippen molar-refractivity contribution in [2.24, 2.45) is 0 Å². The second kappa shape index (κ2) is 7.69. The van der Waals surface area contributed by atoms with Crippen molar-refractivity contribution in [3.05, 3.63) is 77.0 Å². The minimum atomic E-state index is -1.28. The van der Waals surface area contributed by atoms with Crippen LogP contribution in [0.4, 0.5) is 0 Å². The van der Waals surface area contributed by atoms with Crippen molar-refractivity contribution in [3.63, 3.8) is 0 Å². The highest BCUT2D eigenvalue weighted by Crippen LogP contribution is 2.21. The number of rotatable bonds is 7. The van der Waals surface area contributed by atoms with Crippen LogP contribution in [0.5, 0.6) is 11.5 Å². The van der Waals surface area contributed by atoms with Crippen LogP contribution in [-0.2, 0) is 6.54 Å². The molecule has 0 aliphatic rings. The fraction of sp³-hybridized carbons (Fsp3) is 0.211. The summed E-state index contributed by atoms with van der Waals surface area (Å²) in [7, 11) is 0. The fourth-order valence-electron chi connectivity index (χ4n) is 2.57. The second-order valence-electron chi connectivity index (χ2n) is 5.94. The van der Waals surface area contributed by atoms with Crippen LogP contribution in [0.3, 0.4) is 0 Å². The third kappa shape index (κ3) is 4.00. The minimum Gasteiger partial charge on any atom is -0.477 e. The van der Waals surface area contributed by atoms with E-state index in [0.717, 1.165) is 0 Å². The molecule has 0 unspecified atom stereocenters. The number of hydrogen-bond acceptors (Lipinski definition) is 4. The summed E-state index contributed by atoms with van der Waals surface area (Å²) in [4.78, 5) is 23.9. The maximum atomic E-state index is 12.4. The summed E-state index contributed by atoms with van der Waals surface area (Å²) in [5.41, 5.74) is -0.957. The van der Waals surface area contributed by atoms with Gasteiger partial charge in [-0.1, -0.05) is 18.2 Å². The van der Waals surface area contributed by atoms with E-state index in [0.29, 0.717) is 18.7 Å². The lowest BCUT2D eigenvalue weighted by molar-refractivity contribution is 0.0693. The van der Waals surface area contributed by atoms with Crippen LogP contribution < -0.4 is 10.2 Å². The Balaban J connectivity index is 1.89. The normalized spacial score (nSPS) is 11.9. The molecule has 2 heterocycles. The highest BCUT2D eigenvalue weighted by atomic mass is 16.5. The third-order valence-electron chi connectivity index (χ3n) is 4.06. The average Bonchev–Trinajstić information content (AvgIpc) is 3.15. The number of pyridine rings is 1. The van der Waals surface area contributed by atoms with Crippen molar-refractivity contribution in [3.8, 4) is 11.5 Å². The molecular formula is C19H19N3O4. The standard InChI is InChI=1S/C19H19N3O4/c1-14(8-11-22-10-5-9-20-22)21-12-16(19(24)25)18(23)17(13-21)26-15-6-3-2-4-7-15/h2-7,9-10,12-14H,8,11H2,1H3,(H,24,25)/t14-/m0/s1. The van der Waals surface area contributed by atoms with Crippen LogP contribution in [0.1, 0.15) is 29.7 Å². The van der Waals surface area contributed by atoms with Gasteiger partial charge in [-0.15, -0.1) is 0 Å². The molecule has 134 valence electrons.